The fraction of sp³-hybridized carbons (Fsp3) is 0.200. The van der Waals surface area contributed by atoms with E-state index in [-0.39, 0.29) is 11.7 Å². The van der Waals surface area contributed by atoms with Crippen molar-refractivity contribution in [3.8, 4) is 11.5 Å². The molecule has 7 nitrogen and oxygen atoms in total. The van der Waals surface area contributed by atoms with Crippen LogP contribution in [0.25, 0.3) is 11.5 Å². The molecule has 1 amide bonds. The van der Waals surface area contributed by atoms with Gasteiger partial charge in [-0.15, -0.1) is 10.2 Å². The molecule has 0 aliphatic rings. The molecule has 0 aliphatic carbocycles. The van der Waals surface area contributed by atoms with E-state index < -0.39 is 0 Å². The molecule has 0 aliphatic heterocycles. The molecule has 0 unspecified atom stereocenters. The molecule has 23 heavy (non-hydrogen) atoms. The standard InChI is InChI=1S/C15H14N4O3S/c1-9-5-3-4-6-11(9)14-17-18-15(21-14)23-8-12(20)16-13-7-10(2)19-22-13/h3-7H,8H2,1-2H3,(H,16,20). The molecule has 0 fully saturated rings. The summed E-state index contributed by atoms with van der Waals surface area (Å²) < 4.78 is 10.5. The molecule has 3 aromatic rings. The number of nitrogens with zero attached hydrogens (tertiary/aromatic N) is 3. The zero-order chi connectivity index (χ0) is 16.2. The summed E-state index contributed by atoms with van der Waals surface area (Å²) in [4.78, 5) is 11.8. The van der Waals surface area contributed by atoms with Gasteiger partial charge in [0.2, 0.25) is 17.7 Å². The van der Waals surface area contributed by atoms with Gasteiger partial charge < -0.3 is 8.94 Å². The van der Waals surface area contributed by atoms with Crippen molar-refractivity contribution in [1.29, 1.82) is 0 Å². The molecule has 0 atom stereocenters. The van der Waals surface area contributed by atoms with Crippen LogP contribution >= 0.6 is 11.8 Å². The summed E-state index contributed by atoms with van der Waals surface area (Å²) in [5, 5.41) is 14.6. The first-order chi connectivity index (χ1) is 11.1. The maximum absolute atomic E-state index is 11.8. The summed E-state index contributed by atoms with van der Waals surface area (Å²) in [6, 6.07) is 9.38. The van der Waals surface area contributed by atoms with Crippen LogP contribution in [0.2, 0.25) is 0 Å². The van der Waals surface area contributed by atoms with Crippen molar-refractivity contribution in [2.45, 2.75) is 19.1 Å². The van der Waals surface area contributed by atoms with Gasteiger partial charge in [0.15, 0.2) is 0 Å². The number of anilines is 1. The second-order valence-corrected chi connectivity index (χ2v) is 5.78. The molecule has 0 saturated carbocycles. The number of benzene rings is 1. The Hall–Kier alpha value is -2.61. The molecular formula is C15H14N4O3S. The number of hydrogen-bond donors (Lipinski definition) is 1. The fourth-order valence-corrected chi connectivity index (χ4v) is 2.48. The van der Waals surface area contributed by atoms with Gasteiger partial charge in [-0.05, 0) is 25.5 Å². The second kappa shape index (κ2) is 6.66. The van der Waals surface area contributed by atoms with E-state index in [9.17, 15) is 4.79 Å². The van der Waals surface area contributed by atoms with Gasteiger partial charge in [0.25, 0.3) is 5.22 Å². The molecule has 3 rings (SSSR count). The Morgan fingerprint density at radius 2 is 2.09 bits per heavy atom. The molecule has 2 heterocycles. The molecule has 0 spiro atoms. The molecule has 0 bridgehead atoms. The van der Waals surface area contributed by atoms with Gasteiger partial charge in [-0.3, -0.25) is 10.1 Å². The monoisotopic (exact) mass is 330 g/mol. The third kappa shape index (κ3) is 3.78. The summed E-state index contributed by atoms with van der Waals surface area (Å²) in [5.41, 5.74) is 2.63. The minimum Gasteiger partial charge on any atom is -0.411 e. The Labute approximate surface area is 136 Å². The van der Waals surface area contributed by atoms with Crippen LogP contribution < -0.4 is 5.32 Å². The van der Waals surface area contributed by atoms with Gasteiger partial charge in [-0.25, -0.2) is 0 Å². The van der Waals surface area contributed by atoms with Crippen molar-refractivity contribution in [1.82, 2.24) is 15.4 Å². The molecule has 0 saturated heterocycles. The lowest BCUT2D eigenvalue weighted by Gasteiger charge is -1.99. The number of thioether (sulfide) groups is 1. The highest BCUT2D eigenvalue weighted by molar-refractivity contribution is 7.99. The van der Waals surface area contributed by atoms with Crippen LogP contribution in [0, 0.1) is 13.8 Å². The van der Waals surface area contributed by atoms with Gasteiger partial charge in [0.1, 0.15) is 0 Å². The van der Waals surface area contributed by atoms with Crippen molar-refractivity contribution in [3.05, 3.63) is 41.6 Å². The lowest BCUT2D eigenvalue weighted by Crippen LogP contribution is -2.13. The first-order valence-corrected chi connectivity index (χ1v) is 7.86. The van der Waals surface area contributed by atoms with E-state index in [2.05, 4.69) is 20.7 Å². The average Bonchev–Trinajstić information content (AvgIpc) is 3.15. The van der Waals surface area contributed by atoms with E-state index >= 15 is 0 Å². The highest BCUT2D eigenvalue weighted by atomic mass is 32.2. The molecule has 118 valence electrons. The van der Waals surface area contributed by atoms with Crippen molar-refractivity contribution in [2.75, 3.05) is 11.1 Å². The Morgan fingerprint density at radius 1 is 1.26 bits per heavy atom. The Balaban J connectivity index is 1.59. The van der Waals surface area contributed by atoms with Crippen LogP contribution in [-0.2, 0) is 4.79 Å². The third-order valence-electron chi connectivity index (χ3n) is 3.00. The minimum absolute atomic E-state index is 0.134. The van der Waals surface area contributed by atoms with Gasteiger partial charge in [-0.2, -0.15) is 0 Å². The van der Waals surface area contributed by atoms with Crippen molar-refractivity contribution >= 4 is 23.6 Å². The predicted molar refractivity (Wildman–Crippen MR) is 85.1 cm³/mol. The van der Waals surface area contributed by atoms with Crippen LogP contribution in [0.1, 0.15) is 11.3 Å². The highest BCUT2D eigenvalue weighted by Crippen LogP contribution is 2.25. The first kappa shape index (κ1) is 15.3. The SMILES string of the molecule is Cc1cc(NC(=O)CSc2nnc(-c3ccccc3C)o2)on1. The average molecular weight is 330 g/mol. The van der Waals surface area contributed by atoms with E-state index in [1.54, 1.807) is 13.0 Å². The topological polar surface area (TPSA) is 94.1 Å². The van der Waals surface area contributed by atoms with Crippen molar-refractivity contribution in [3.63, 3.8) is 0 Å². The van der Waals surface area contributed by atoms with Crippen molar-refractivity contribution < 1.29 is 13.7 Å². The van der Waals surface area contributed by atoms with Gasteiger partial charge >= 0.3 is 0 Å². The van der Waals surface area contributed by atoms with Crippen LogP contribution in [0.3, 0.4) is 0 Å². The van der Waals surface area contributed by atoms with E-state index in [0.717, 1.165) is 22.9 Å². The van der Waals surface area contributed by atoms with E-state index in [0.29, 0.717) is 22.7 Å². The van der Waals surface area contributed by atoms with Crippen LogP contribution in [-0.4, -0.2) is 27.0 Å². The number of amides is 1. The number of aromatic nitrogens is 3. The summed E-state index contributed by atoms with van der Waals surface area (Å²) in [7, 11) is 0. The predicted octanol–water partition coefficient (Wildman–Crippen LogP) is 3.07. The Bertz CT molecular complexity index is 828. The maximum atomic E-state index is 11.8. The molecule has 8 heteroatoms. The van der Waals surface area contributed by atoms with Gasteiger partial charge in [0.05, 0.1) is 11.4 Å². The molecule has 2 aromatic heterocycles. The normalized spacial score (nSPS) is 10.7. The number of carbonyl (C=O) groups is 1. The molecular weight excluding hydrogens is 316 g/mol. The smallest absolute Gasteiger partial charge is 0.277 e. The van der Waals surface area contributed by atoms with E-state index in [1.807, 2.05) is 31.2 Å². The lowest BCUT2D eigenvalue weighted by atomic mass is 10.1. The fourth-order valence-electron chi connectivity index (χ4n) is 1.91. The zero-order valence-electron chi connectivity index (χ0n) is 12.6. The Morgan fingerprint density at radius 3 is 2.83 bits per heavy atom. The van der Waals surface area contributed by atoms with Crippen LogP contribution in [0.4, 0.5) is 5.88 Å². The quantitative estimate of drug-likeness (QED) is 0.718. The van der Waals surface area contributed by atoms with Crippen molar-refractivity contribution in [2.24, 2.45) is 0 Å². The van der Waals surface area contributed by atoms with Crippen LogP contribution in [0.5, 0.6) is 0 Å². The third-order valence-corrected chi connectivity index (χ3v) is 3.82. The number of carbonyl (C=O) groups excluding carboxylic acids is 1. The molecule has 0 radical (unpaired) electrons. The number of hydrogen-bond acceptors (Lipinski definition) is 7. The summed E-state index contributed by atoms with van der Waals surface area (Å²) in [6.45, 7) is 3.75. The van der Waals surface area contributed by atoms with E-state index in [1.165, 1.54) is 0 Å². The highest BCUT2D eigenvalue weighted by Gasteiger charge is 2.13. The zero-order valence-corrected chi connectivity index (χ0v) is 13.4. The summed E-state index contributed by atoms with van der Waals surface area (Å²) in [6.07, 6.45) is 0. The van der Waals surface area contributed by atoms with Crippen LogP contribution in [0.15, 0.2) is 44.5 Å². The largest absolute Gasteiger partial charge is 0.411 e. The van der Waals surface area contributed by atoms with Gasteiger partial charge in [-0.1, -0.05) is 35.1 Å². The summed E-state index contributed by atoms with van der Waals surface area (Å²) >= 11 is 1.16. The molecule has 1 N–H and O–H groups in total. The number of rotatable bonds is 5. The second-order valence-electron chi connectivity index (χ2n) is 4.86. The summed E-state index contributed by atoms with van der Waals surface area (Å²) in [5.74, 6) is 0.660. The first-order valence-electron chi connectivity index (χ1n) is 6.87. The Kier molecular flexibility index (Phi) is 4.42. The number of nitrogens with one attached hydrogen (secondary N) is 1. The molecule has 1 aromatic carbocycles. The number of aryl methyl sites for hydroxylation is 2. The maximum Gasteiger partial charge on any atom is 0.277 e. The van der Waals surface area contributed by atoms with E-state index in [4.69, 9.17) is 8.94 Å². The lowest BCUT2D eigenvalue weighted by molar-refractivity contribution is -0.113. The minimum atomic E-state index is -0.234. The van der Waals surface area contributed by atoms with Gasteiger partial charge in [0, 0.05) is 11.6 Å².